The van der Waals surface area contributed by atoms with Crippen molar-refractivity contribution in [2.45, 2.75) is 19.2 Å². The average molecular weight is 465 g/mol. The molecule has 1 aromatic heterocycles. The third kappa shape index (κ3) is 5.74. The van der Waals surface area contributed by atoms with E-state index >= 15 is 0 Å². The summed E-state index contributed by atoms with van der Waals surface area (Å²) >= 11 is 0. The summed E-state index contributed by atoms with van der Waals surface area (Å²) in [7, 11) is 0.799. The van der Waals surface area contributed by atoms with Gasteiger partial charge in [0, 0.05) is 50.7 Å². The third-order valence-corrected chi connectivity index (χ3v) is 7.84. The molecule has 2 aliphatic rings. The van der Waals surface area contributed by atoms with Gasteiger partial charge in [-0.15, -0.1) is 0 Å². The maximum absolute atomic E-state index is 13.1. The van der Waals surface area contributed by atoms with Crippen LogP contribution in [0.3, 0.4) is 0 Å². The lowest BCUT2D eigenvalue weighted by Crippen LogP contribution is -2.43. The zero-order chi connectivity index (χ0) is 23.4. The number of aromatic nitrogens is 1. The van der Waals surface area contributed by atoms with Crippen molar-refractivity contribution < 1.29 is 22.8 Å². The molecule has 0 amide bonds. The SMILES string of the molecule is Cc1cc(CN2C[C@H]3CN(S(=O)(=O)Cc4ccccc4)C[C@@]3(CN(C)C)C2)no1.O=CO. The predicted octanol–water partition coefficient (Wildman–Crippen LogP) is 1.51. The monoisotopic (exact) mass is 464 g/mol. The molecule has 1 aromatic carbocycles. The Kier molecular flexibility index (Phi) is 7.71. The standard InChI is InChI=1S/C21H30N4O3S.CH2O2/c1-17-9-20(22-28-17)12-24-10-19-11-25(16-21(19,15-24)14-23(2)3)29(26,27)13-18-7-5-4-6-8-18;2-1-3/h4-9,19H,10-16H2,1-3H3;1H,(H,2,3)/t19-,21+;/m0./s1. The zero-order valence-electron chi connectivity index (χ0n) is 18.8. The summed E-state index contributed by atoms with van der Waals surface area (Å²) in [5.41, 5.74) is 1.73. The van der Waals surface area contributed by atoms with Gasteiger partial charge in [0.2, 0.25) is 10.0 Å². The van der Waals surface area contributed by atoms with Crippen LogP contribution < -0.4 is 0 Å². The van der Waals surface area contributed by atoms with Crippen LogP contribution >= 0.6 is 0 Å². The molecular formula is C22H32N4O5S. The molecule has 0 aliphatic carbocycles. The minimum atomic E-state index is -3.33. The van der Waals surface area contributed by atoms with Crippen molar-refractivity contribution in [2.75, 3.05) is 46.8 Å². The van der Waals surface area contributed by atoms with Crippen LogP contribution in [-0.2, 0) is 27.1 Å². The summed E-state index contributed by atoms with van der Waals surface area (Å²) in [5.74, 6) is 1.21. The lowest BCUT2D eigenvalue weighted by atomic mass is 9.80. The molecule has 2 aromatic rings. The van der Waals surface area contributed by atoms with Crippen molar-refractivity contribution in [3.63, 3.8) is 0 Å². The number of sulfonamides is 1. The van der Waals surface area contributed by atoms with Crippen LogP contribution in [0.5, 0.6) is 0 Å². The second kappa shape index (κ2) is 10.1. The molecule has 2 aliphatic heterocycles. The van der Waals surface area contributed by atoms with E-state index in [0.29, 0.717) is 19.0 Å². The number of nitrogens with zero attached hydrogens (tertiary/aromatic N) is 4. The Balaban J connectivity index is 0.000000913. The van der Waals surface area contributed by atoms with Crippen LogP contribution in [0, 0.1) is 18.3 Å². The number of carboxylic acid groups (broad SMARTS) is 1. The lowest BCUT2D eigenvalue weighted by Gasteiger charge is -2.32. The van der Waals surface area contributed by atoms with E-state index < -0.39 is 10.0 Å². The highest BCUT2D eigenvalue weighted by molar-refractivity contribution is 7.88. The Bertz CT molecular complexity index is 995. The number of rotatable bonds is 7. The molecule has 1 N–H and O–H groups in total. The number of likely N-dealkylation sites (tertiary alicyclic amines) is 1. The Morgan fingerprint density at radius 2 is 1.94 bits per heavy atom. The normalized spacial score (nSPS) is 23.7. The minimum absolute atomic E-state index is 0.0496. The zero-order valence-corrected chi connectivity index (χ0v) is 19.7. The molecule has 0 spiro atoms. The summed E-state index contributed by atoms with van der Waals surface area (Å²) < 4.78 is 33.2. The number of hydrogen-bond donors (Lipinski definition) is 1. The molecule has 0 saturated carbocycles. The second-order valence-electron chi connectivity index (χ2n) is 9.04. The maximum atomic E-state index is 13.1. The molecule has 0 radical (unpaired) electrons. The molecule has 3 heterocycles. The van der Waals surface area contributed by atoms with Crippen LogP contribution in [0.2, 0.25) is 0 Å². The molecule has 2 atom stereocenters. The van der Waals surface area contributed by atoms with Crippen LogP contribution in [0.15, 0.2) is 40.9 Å². The summed E-state index contributed by atoms with van der Waals surface area (Å²) in [6, 6.07) is 11.4. The molecule has 9 nitrogen and oxygen atoms in total. The fourth-order valence-electron chi connectivity index (χ4n) is 5.03. The van der Waals surface area contributed by atoms with Crippen LogP contribution in [0.1, 0.15) is 17.0 Å². The van der Waals surface area contributed by atoms with Crippen molar-refractivity contribution in [3.8, 4) is 0 Å². The third-order valence-electron chi connectivity index (χ3n) is 6.08. The van der Waals surface area contributed by atoms with Gasteiger partial charge in [-0.3, -0.25) is 9.69 Å². The molecular weight excluding hydrogens is 432 g/mol. The molecule has 2 saturated heterocycles. The average Bonchev–Trinajstić information content (AvgIpc) is 3.35. The Morgan fingerprint density at radius 3 is 2.53 bits per heavy atom. The maximum Gasteiger partial charge on any atom is 0.290 e. The number of carbonyl (C=O) groups is 1. The first-order valence-electron chi connectivity index (χ1n) is 10.6. The number of aryl methyl sites for hydroxylation is 1. The fraction of sp³-hybridized carbons (Fsp3) is 0.545. The summed E-state index contributed by atoms with van der Waals surface area (Å²) in [6.45, 7) is 6.22. The number of benzene rings is 1. The van der Waals surface area contributed by atoms with E-state index in [0.717, 1.165) is 43.2 Å². The van der Waals surface area contributed by atoms with Crippen molar-refractivity contribution in [3.05, 3.63) is 53.4 Å². The molecule has 4 rings (SSSR count). The van der Waals surface area contributed by atoms with Crippen LogP contribution in [0.4, 0.5) is 0 Å². The molecule has 0 unspecified atom stereocenters. The van der Waals surface area contributed by atoms with E-state index in [2.05, 4.69) is 29.1 Å². The van der Waals surface area contributed by atoms with Gasteiger partial charge in [-0.1, -0.05) is 35.5 Å². The summed E-state index contributed by atoms with van der Waals surface area (Å²) in [4.78, 5) is 12.9. The van der Waals surface area contributed by atoms with Gasteiger partial charge in [-0.05, 0) is 32.5 Å². The molecule has 176 valence electrons. The lowest BCUT2D eigenvalue weighted by molar-refractivity contribution is -0.122. The molecule has 2 fully saturated rings. The number of hydrogen-bond acceptors (Lipinski definition) is 7. The topological polar surface area (TPSA) is 107 Å². The largest absolute Gasteiger partial charge is 0.483 e. The molecule has 32 heavy (non-hydrogen) atoms. The van der Waals surface area contributed by atoms with Gasteiger partial charge in [-0.25, -0.2) is 12.7 Å². The highest BCUT2D eigenvalue weighted by atomic mass is 32.2. The Morgan fingerprint density at radius 1 is 1.25 bits per heavy atom. The van der Waals surface area contributed by atoms with Gasteiger partial charge in [0.05, 0.1) is 11.4 Å². The molecule has 10 heteroatoms. The van der Waals surface area contributed by atoms with E-state index in [1.807, 2.05) is 43.3 Å². The first kappa shape index (κ1) is 24.4. The van der Waals surface area contributed by atoms with E-state index in [1.54, 1.807) is 4.31 Å². The van der Waals surface area contributed by atoms with Gasteiger partial charge in [0.1, 0.15) is 5.76 Å². The first-order valence-corrected chi connectivity index (χ1v) is 12.2. The smallest absolute Gasteiger partial charge is 0.290 e. The van der Waals surface area contributed by atoms with Crippen molar-refractivity contribution in [2.24, 2.45) is 11.3 Å². The number of fused-ring (bicyclic) bond motifs is 1. The van der Waals surface area contributed by atoms with Crippen LogP contribution in [0.25, 0.3) is 0 Å². The second-order valence-corrected chi connectivity index (χ2v) is 11.0. The minimum Gasteiger partial charge on any atom is -0.483 e. The van der Waals surface area contributed by atoms with Crippen molar-refractivity contribution >= 4 is 16.5 Å². The van der Waals surface area contributed by atoms with Gasteiger partial charge in [0.15, 0.2) is 0 Å². The Labute approximate surface area is 189 Å². The summed E-state index contributed by atoms with van der Waals surface area (Å²) in [5, 5.41) is 11.0. The summed E-state index contributed by atoms with van der Waals surface area (Å²) in [6.07, 6.45) is 0. The van der Waals surface area contributed by atoms with Crippen LogP contribution in [-0.4, -0.2) is 86.1 Å². The highest BCUT2D eigenvalue weighted by Crippen LogP contribution is 2.44. The van der Waals surface area contributed by atoms with E-state index in [-0.39, 0.29) is 17.6 Å². The van der Waals surface area contributed by atoms with E-state index in [9.17, 15) is 8.42 Å². The fourth-order valence-corrected chi connectivity index (χ4v) is 6.68. The Hall–Kier alpha value is -2.27. The predicted molar refractivity (Wildman–Crippen MR) is 120 cm³/mol. The quantitative estimate of drug-likeness (QED) is 0.615. The van der Waals surface area contributed by atoms with Gasteiger partial charge >= 0.3 is 0 Å². The van der Waals surface area contributed by atoms with Gasteiger partial charge < -0.3 is 14.5 Å². The van der Waals surface area contributed by atoms with Gasteiger partial charge in [0.25, 0.3) is 6.47 Å². The first-order chi connectivity index (χ1) is 15.2. The van der Waals surface area contributed by atoms with E-state index in [1.165, 1.54) is 0 Å². The highest BCUT2D eigenvalue weighted by Gasteiger charge is 2.54. The molecule has 0 bridgehead atoms. The van der Waals surface area contributed by atoms with E-state index in [4.69, 9.17) is 14.4 Å². The van der Waals surface area contributed by atoms with Crippen molar-refractivity contribution in [1.29, 1.82) is 0 Å². The van der Waals surface area contributed by atoms with Crippen molar-refractivity contribution in [1.82, 2.24) is 19.3 Å². The van der Waals surface area contributed by atoms with Gasteiger partial charge in [-0.2, -0.15) is 0 Å².